The molecule has 1 unspecified atom stereocenters. The van der Waals surface area contributed by atoms with Gasteiger partial charge in [-0.25, -0.2) is 8.42 Å². The first-order valence-electron chi connectivity index (χ1n) is 6.78. The zero-order valence-electron chi connectivity index (χ0n) is 12.4. The molecule has 19 heavy (non-hydrogen) atoms. The van der Waals surface area contributed by atoms with Crippen LogP contribution >= 0.6 is 0 Å². The van der Waals surface area contributed by atoms with E-state index >= 15 is 0 Å². The van der Waals surface area contributed by atoms with Crippen molar-refractivity contribution in [2.45, 2.75) is 26.7 Å². The molecule has 5 nitrogen and oxygen atoms in total. The Morgan fingerprint density at radius 1 is 1.42 bits per heavy atom. The van der Waals surface area contributed by atoms with E-state index in [0.29, 0.717) is 5.92 Å². The zero-order chi connectivity index (χ0) is 14.7. The summed E-state index contributed by atoms with van der Waals surface area (Å²) in [6.07, 6.45) is 3.33. The molecule has 0 saturated carbocycles. The molecule has 0 bridgehead atoms. The van der Waals surface area contributed by atoms with E-state index < -0.39 is 15.3 Å². The van der Waals surface area contributed by atoms with Gasteiger partial charge in [0, 0.05) is 25.3 Å². The van der Waals surface area contributed by atoms with Gasteiger partial charge < -0.3 is 10.2 Å². The van der Waals surface area contributed by atoms with Gasteiger partial charge in [-0.3, -0.25) is 4.79 Å². The number of amides is 1. The molecule has 0 aromatic carbocycles. The smallest absolute Gasteiger partial charge is 0.228 e. The molecule has 1 N–H and O–H groups in total. The molecule has 1 aliphatic rings. The van der Waals surface area contributed by atoms with E-state index in [1.54, 1.807) is 11.9 Å². The lowest BCUT2D eigenvalue weighted by atomic mass is 9.74. The number of hydrogen-bond donors (Lipinski definition) is 1. The summed E-state index contributed by atoms with van der Waals surface area (Å²) in [7, 11) is -1.34. The minimum atomic E-state index is -3.03. The Hall–Kier alpha value is -0.620. The van der Waals surface area contributed by atoms with Gasteiger partial charge in [-0.1, -0.05) is 13.8 Å². The fourth-order valence-electron chi connectivity index (χ4n) is 2.54. The van der Waals surface area contributed by atoms with Crippen LogP contribution in [0.25, 0.3) is 0 Å². The second kappa shape index (κ2) is 6.22. The summed E-state index contributed by atoms with van der Waals surface area (Å²) in [6.45, 7) is 6.07. The van der Waals surface area contributed by atoms with Gasteiger partial charge in [-0.2, -0.15) is 0 Å². The van der Waals surface area contributed by atoms with Crippen LogP contribution in [-0.4, -0.2) is 57.9 Å². The van der Waals surface area contributed by atoms with Crippen LogP contribution in [0.5, 0.6) is 0 Å². The normalized spacial score (nSPS) is 21.2. The van der Waals surface area contributed by atoms with Gasteiger partial charge in [0.1, 0.15) is 9.84 Å². The molecule has 1 saturated heterocycles. The summed E-state index contributed by atoms with van der Waals surface area (Å²) < 4.78 is 22.3. The van der Waals surface area contributed by atoms with Crippen molar-refractivity contribution in [2.24, 2.45) is 11.3 Å². The number of nitrogens with one attached hydrogen (secondary N) is 1. The van der Waals surface area contributed by atoms with Crippen molar-refractivity contribution in [3.8, 4) is 0 Å². The second-order valence-electron chi connectivity index (χ2n) is 6.12. The fraction of sp³-hybridized carbons (Fsp3) is 0.923. The first-order valence-corrected chi connectivity index (χ1v) is 8.84. The van der Waals surface area contributed by atoms with Crippen LogP contribution < -0.4 is 5.32 Å². The topological polar surface area (TPSA) is 66.5 Å². The summed E-state index contributed by atoms with van der Waals surface area (Å²) in [5.41, 5.74) is -0.445. The Labute approximate surface area is 116 Å². The van der Waals surface area contributed by atoms with E-state index in [1.165, 1.54) is 6.26 Å². The van der Waals surface area contributed by atoms with Crippen LogP contribution in [0.3, 0.4) is 0 Å². The minimum Gasteiger partial charge on any atom is -0.344 e. The number of carbonyl (C=O) groups excluding carboxylic acids is 1. The molecule has 1 heterocycles. The standard InChI is InChI=1S/C13H26N2O3S/c1-13(2,11-6-5-7-14-10-11)12(16)15(3)8-9-19(4,17)18/h11,14H,5-10H2,1-4H3. The van der Waals surface area contributed by atoms with E-state index in [0.717, 1.165) is 25.9 Å². The van der Waals surface area contributed by atoms with Gasteiger partial charge >= 0.3 is 0 Å². The Bertz CT molecular complexity index is 412. The average molecular weight is 290 g/mol. The highest BCUT2D eigenvalue weighted by Gasteiger charge is 2.38. The monoisotopic (exact) mass is 290 g/mol. The average Bonchev–Trinajstić information content (AvgIpc) is 2.35. The van der Waals surface area contributed by atoms with Crippen molar-refractivity contribution in [3.05, 3.63) is 0 Å². The van der Waals surface area contributed by atoms with Gasteiger partial charge in [0.15, 0.2) is 0 Å². The molecule has 0 spiro atoms. The molecule has 0 aliphatic carbocycles. The van der Waals surface area contributed by atoms with E-state index in [9.17, 15) is 13.2 Å². The van der Waals surface area contributed by atoms with Gasteiger partial charge in [-0.05, 0) is 31.8 Å². The quantitative estimate of drug-likeness (QED) is 0.801. The number of sulfone groups is 1. The SMILES string of the molecule is CN(CCS(C)(=O)=O)C(=O)C(C)(C)C1CCCNC1. The molecule has 0 radical (unpaired) electrons. The predicted octanol–water partition coefficient (Wildman–Crippen LogP) is 0.515. The third-order valence-corrected chi connectivity index (χ3v) is 4.94. The highest BCUT2D eigenvalue weighted by atomic mass is 32.2. The largest absolute Gasteiger partial charge is 0.344 e. The Kier molecular flexibility index (Phi) is 5.38. The van der Waals surface area contributed by atoms with Crippen molar-refractivity contribution in [3.63, 3.8) is 0 Å². The van der Waals surface area contributed by atoms with Crippen LogP contribution in [0.15, 0.2) is 0 Å². The number of hydrogen-bond acceptors (Lipinski definition) is 4. The first-order chi connectivity index (χ1) is 8.64. The zero-order valence-corrected chi connectivity index (χ0v) is 13.2. The van der Waals surface area contributed by atoms with Crippen molar-refractivity contribution in [2.75, 3.05) is 38.7 Å². The summed E-state index contributed by atoms with van der Waals surface area (Å²) in [6, 6.07) is 0. The lowest BCUT2D eigenvalue weighted by Crippen LogP contribution is -2.48. The van der Waals surface area contributed by atoms with Crippen molar-refractivity contribution >= 4 is 15.7 Å². The maximum absolute atomic E-state index is 12.5. The van der Waals surface area contributed by atoms with E-state index in [2.05, 4.69) is 5.32 Å². The first kappa shape index (κ1) is 16.4. The summed E-state index contributed by atoms with van der Waals surface area (Å²) in [5, 5.41) is 3.32. The molecule has 1 rings (SSSR count). The predicted molar refractivity (Wildman–Crippen MR) is 76.7 cm³/mol. The third-order valence-electron chi connectivity index (χ3n) is 4.01. The maximum atomic E-state index is 12.5. The van der Waals surface area contributed by atoms with Gasteiger partial charge in [0.2, 0.25) is 5.91 Å². The Balaban J connectivity index is 2.63. The number of rotatable bonds is 5. The lowest BCUT2D eigenvalue weighted by Gasteiger charge is -2.38. The van der Waals surface area contributed by atoms with E-state index in [1.807, 2.05) is 13.8 Å². The van der Waals surface area contributed by atoms with Gasteiger partial charge in [-0.15, -0.1) is 0 Å². The van der Waals surface area contributed by atoms with E-state index in [-0.39, 0.29) is 18.2 Å². The second-order valence-corrected chi connectivity index (χ2v) is 8.38. The van der Waals surface area contributed by atoms with Crippen molar-refractivity contribution in [1.29, 1.82) is 0 Å². The summed E-state index contributed by atoms with van der Waals surface area (Å²) in [4.78, 5) is 14.0. The third kappa shape index (κ3) is 4.76. The van der Waals surface area contributed by atoms with Crippen LogP contribution in [0.2, 0.25) is 0 Å². The number of nitrogens with zero attached hydrogens (tertiary/aromatic N) is 1. The number of carbonyl (C=O) groups is 1. The molecule has 1 atom stereocenters. The highest BCUT2D eigenvalue weighted by molar-refractivity contribution is 7.90. The maximum Gasteiger partial charge on any atom is 0.228 e. The molecular formula is C13H26N2O3S. The molecule has 1 fully saturated rings. The summed E-state index contributed by atoms with van der Waals surface area (Å²) in [5.74, 6) is 0.369. The Morgan fingerprint density at radius 3 is 2.53 bits per heavy atom. The van der Waals surface area contributed by atoms with E-state index in [4.69, 9.17) is 0 Å². The molecule has 6 heteroatoms. The number of piperidine rings is 1. The molecule has 112 valence electrons. The van der Waals surface area contributed by atoms with Crippen LogP contribution in [0.1, 0.15) is 26.7 Å². The molecule has 0 aromatic heterocycles. The molecule has 1 amide bonds. The molecule has 1 aliphatic heterocycles. The Morgan fingerprint density at radius 2 is 2.05 bits per heavy atom. The molecular weight excluding hydrogens is 264 g/mol. The van der Waals surface area contributed by atoms with Crippen LogP contribution in [-0.2, 0) is 14.6 Å². The van der Waals surface area contributed by atoms with Crippen molar-refractivity contribution in [1.82, 2.24) is 10.2 Å². The van der Waals surface area contributed by atoms with Crippen LogP contribution in [0.4, 0.5) is 0 Å². The van der Waals surface area contributed by atoms with Crippen molar-refractivity contribution < 1.29 is 13.2 Å². The minimum absolute atomic E-state index is 0.0221. The highest BCUT2D eigenvalue weighted by Crippen LogP contribution is 2.33. The fourth-order valence-corrected chi connectivity index (χ4v) is 3.14. The lowest BCUT2D eigenvalue weighted by molar-refractivity contribution is -0.142. The van der Waals surface area contributed by atoms with Gasteiger partial charge in [0.05, 0.1) is 5.75 Å². The van der Waals surface area contributed by atoms with Crippen LogP contribution in [0, 0.1) is 11.3 Å². The molecule has 0 aromatic rings. The van der Waals surface area contributed by atoms with Gasteiger partial charge in [0.25, 0.3) is 0 Å². The summed E-state index contributed by atoms with van der Waals surface area (Å²) >= 11 is 0.